The maximum atomic E-state index is 2.60. The van der Waals surface area contributed by atoms with Gasteiger partial charge in [0, 0.05) is 13.1 Å². The first-order valence-electron chi connectivity index (χ1n) is 10.2. The van der Waals surface area contributed by atoms with E-state index in [4.69, 9.17) is 0 Å². The summed E-state index contributed by atoms with van der Waals surface area (Å²) in [5, 5.41) is 0. The number of hydrogen-bond donors (Lipinski definition) is 0. The number of hydrogen-bond acceptors (Lipinski definition) is 2. The molecule has 0 aromatic carbocycles. The number of rotatable bonds is 15. The number of unbranched alkanes of at least 4 members (excludes halogenated alkanes) is 13. The van der Waals surface area contributed by atoms with Gasteiger partial charge in [-0.2, -0.15) is 0 Å². The summed E-state index contributed by atoms with van der Waals surface area (Å²) in [5.41, 5.74) is 0. The van der Waals surface area contributed by atoms with Gasteiger partial charge >= 0.3 is 0 Å². The molecule has 0 unspecified atom stereocenters. The standard InChI is InChI=1S/C20H42N2.ClH/c1-3-4-5-6-7-8-9-10-11-12-13-14-15-16-17-22-19-18-21(2)20-22;/h3-20H2,1-2H3;1H. The topological polar surface area (TPSA) is 6.48 Å². The Hall–Kier alpha value is 0.210. The van der Waals surface area contributed by atoms with Gasteiger partial charge in [-0.3, -0.25) is 9.80 Å². The first kappa shape index (κ1) is 23.2. The lowest BCUT2D eigenvalue weighted by Gasteiger charge is -2.14. The van der Waals surface area contributed by atoms with Gasteiger partial charge < -0.3 is 0 Å². The molecule has 0 N–H and O–H groups in total. The van der Waals surface area contributed by atoms with Crippen LogP contribution < -0.4 is 0 Å². The molecule has 0 aromatic heterocycles. The number of likely N-dealkylation sites (N-methyl/N-ethyl adjacent to an activating group) is 1. The van der Waals surface area contributed by atoms with Gasteiger partial charge in [-0.25, -0.2) is 0 Å². The molecule has 140 valence electrons. The molecule has 1 saturated heterocycles. The van der Waals surface area contributed by atoms with Crippen molar-refractivity contribution in [2.75, 3.05) is 33.4 Å². The van der Waals surface area contributed by atoms with E-state index >= 15 is 0 Å². The summed E-state index contributed by atoms with van der Waals surface area (Å²) in [6.45, 7) is 7.36. The Morgan fingerprint density at radius 2 is 1.04 bits per heavy atom. The summed E-state index contributed by atoms with van der Waals surface area (Å²) in [6, 6.07) is 0. The molecule has 0 amide bonds. The second kappa shape index (κ2) is 17.0. The van der Waals surface area contributed by atoms with Crippen molar-refractivity contribution in [1.29, 1.82) is 0 Å². The highest BCUT2D eigenvalue weighted by Gasteiger charge is 2.14. The van der Waals surface area contributed by atoms with Crippen LogP contribution >= 0.6 is 12.4 Å². The molecule has 0 atom stereocenters. The highest BCUT2D eigenvalue weighted by Crippen LogP contribution is 2.13. The lowest BCUT2D eigenvalue weighted by atomic mass is 10.0. The summed E-state index contributed by atoms with van der Waals surface area (Å²) in [5.74, 6) is 0. The smallest absolute Gasteiger partial charge is 0.0504 e. The van der Waals surface area contributed by atoms with E-state index < -0.39 is 0 Å². The van der Waals surface area contributed by atoms with Crippen LogP contribution in [0.4, 0.5) is 0 Å². The van der Waals surface area contributed by atoms with Crippen molar-refractivity contribution < 1.29 is 0 Å². The molecule has 0 radical (unpaired) electrons. The van der Waals surface area contributed by atoms with Crippen LogP contribution in [0.1, 0.15) is 96.8 Å². The zero-order valence-electron chi connectivity index (χ0n) is 16.0. The molecule has 0 saturated carbocycles. The lowest BCUT2D eigenvalue weighted by molar-refractivity contribution is 0.269. The van der Waals surface area contributed by atoms with Gasteiger partial charge in [0.2, 0.25) is 0 Å². The van der Waals surface area contributed by atoms with E-state index in [1.165, 1.54) is 116 Å². The molecule has 0 aromatic rings. The maximum absolute atomic E-state index is 2.60. The summed E-state index contributed by atoms with van der Waals surface area (Å²) in [6.07, 6.45) is 20.4. The summed E-state index contributed by atoms with van der Waals surface area (Å²) >= 11 is 0. The Balaban J connectivity index is 0.00000484. The molecular weight excluding hydrogens is 304 g/mol. The Morgan fingerprint density at radius 1 is 0.609 bits per heavy atom. The Kier molecular flexibility index (Phi) is 17.2. The third kappa shape index (κ3) is 14.3. The van der Waals surface area contributed by atoms with Crippen LogP contribution in [-0.4, -0.2) is 43.2 Å². The fourth-order valence-electron chi connectivity index (χ4n) is 3.51. The van der Waals surface area contributed by atoms with Gasteiger partial charge in [-0.15, -0.1) is 12.4 Å². The minimum Gasteiger partial charge on any atom is -0.292 e. The molecule has 1 rings (SSSR count). The van der Waals surface area contributed by atoms with Crippen molar-refractivity contribution in [1.82, 2.24) is 9.80 Å². The SMILES string of the molecule is CCCCCCCCCCCCCCCCN1CCN(C)C1.Cl. The zero-order chi connectivity index (χ0) is 15.9. The summed E-state index contributed by atoms with van der Waals surface area (Å²) < 4.78 is 0. The Bertz CT molecular complexity index is 236. The molecule has 2 nitrogen and oxygen atoms in total. The monoisotopic (exact) mass is 346 g/mol. The highest BCUT2D eigenvalue weighted by atomic mass is 35.5. The second-order valence-corrected chi connectivity index (χ2v) is 7.44. The van der Waals surface area contributed by atoms with E-state index in [2.05, 4.69) is 23.8 Å². The quantitative estimate of drug-likeness (QED) is 0.331. The van der Waals surface area contributed by atoms with Gasteiger partial charge in [-0.1, -0.05) is 90.4 Å². The van der Waals surface area contributed by atoms with E-state index in [1.54, 1.807) is 0 Å². The van der Waals surface area contributed by atoms with Crippen molar-refractivity contribution in [3.05, 3.63) is 0 Å². The number of halogens is 1. The van der Waals surface area contributed by atoms with Gasteiger partial charge in [0.25, 0.3) is 0 Å². The lowest BCUT2D eigenvalue weighted by Crippen LogP contribution is -2.24. The Labute approximate surface area is 152 Å². The van der Waals surface area contributed by atoms with Crippen molar-refractivity contribution in [2.24, 2.45) is 0 Å². The van der Waals surface area contributed by atoms with Crippen molar-refractivity contribution in [3.8, 4) is 0 Å². The van der Waals surface area contributed by atoms with Crippen LogP contribution in [0.5, 0.6) is 0 Å². The minimum atomic E-state index is 0. The van der Waals surface area contributed by atoms with Crippen molar-refractivity contribution >= 4 is 12.4 Å². The fraction of sp³-hybridized carbons (Fsp3) is 1.00. The molecule has 0 aliphatic carbocycles. The van der Waals surface area contributed by atoms with Crippen LogP contribution in [0.2, 0.25) is 0 Å². The summed E-state index contributed by atoms with van der Waals surface area (Å²) in [4.78, 5) is 5.02. The van der Waals surface area contributed by atoms with Gasteiger partial charge in [0.1, 0.15) is 0 Å². The first-order chi connectivity index (χ1) is 10.8. The molecule has 3 heteroatoms. The molecule has 1 aliphatic rings. The molecule has 1 heterocycles. The largest absolute Gasteiger partial charge is 0.292 e. The first-order valence-corrected chi connectivity index (χ1v) is 10.2. The van der Waals surface area contributed by atoms with Gasteiger partial charge in [0.15, 0.2) is 0 Å². The van der Waals surface area contributed by atoms with Crippen molar-refractivity contribution in [3.63, 3.8) is 0 Å². The van der Waals surface area contributed by atoms with Crippen LogP contribution in [0.15, 0.2) is 0 Å². The minimum absolute atomic E-state index is 0. The third-order valence-electron chi connectivity index (χ3n) is 5.07. The van der Waals surface area contributed by atoms with Gasteiger partial charge in [-0.05, 0) is 20.0 Å². The van der Waals surface area contributed by atoms with E-state index in [1.807, 2.05) is 0 Å². The second-order valence-electron chi connectivity index (χ2n) is 7.44. The molecule has 23 heavy (non-hydrogen) atoms. The van der Waals surface area contributed by atoms with Crippen molar-refractivity contribution in [2.45, 2.75) is 96.8 Å². The molecule has 1 fully saturated rings. The molecule has 1 aliphatic heterocycles. The van der Waals surface area contributed by atoms with E-state index in [9.17, 15) is 0 Å². The number of nitrogens with zero attached hydrogens (tertiary/aromatic N) is 2. The fourth-order valence-corrected chi connectivity index (χ4v) is 3.51. The normalized spacial score (nSPS) is 15.9. The average molecular weight is 347 g/mol. The predicted octanol–water partition coefficient (Wildman–Crippen LogP) is 6.09. The van der Waals surface area contributed by atoms with Crippen LogP contribution in [0.25, 0.3) is 0 Å². The van der Waals surface area contributed by atoms with Crippen LogP contribution in [-0.2, 0) is 0 Å². The molecule has 0 spiro atoms. The third-order valence-corrected chi connectivity index (χ3v) is 5.07. The zero-order valence-corrected chi connectivity index (χ0v) is 16.8. The van der Waals surface area contributed by atoms with Crippen LogP contribution in [0.3, 0.4) is 0 Å². The highest BCUT2D eigenvalue weighted by molar-refractivity contribution is 5.85. The van der Waals surface area contributed by atoms with Crippen LogP contribution in [0, 0.1) is 0 Å². The molecular formula is C20H43ClN2. The average Bonchev–Trinajstić information content (AvgIpc) is 2.93. The van der Waals surface area contributed by atoms with Gasteiger partial charge in [0.05, 0.1) is 6.67 Å². The molecule has 0 bridgehead atoms. The van der Waals surface area contributed by atoms with E-state index in [-0.39, 0.29) is 12.4 Å². The summed E-state index contributed by atoms with van der Waals surface area (Å²) in [7, 11) is 2.23. The van der Waals surface area contributed by atoms with E-state index in [0.717, 1.165) is 0 Å². The van der Waals surface area contributed by atoms with E-state index in [0.29, 0.717) is 0 Å². The Morgan fingerprint density at radius 3 is 1.43 bits per heavy atom. The maximum Gasteiger partial charge on any atom is 0.0504 e. The predicted molar refractivity (Wildman–Crippen MR) is 107 cm³/mol.